The van der Waals surface area contributed by atoms with Gasteiger partial charge in [-0.2, -0.15) is 0 Å². The molecule has 1 heterocycles. The molecule has 1 atom stereocenters. The van der Waals surface area contributed by atoms with Gasteiger partial charge in [0.15, 0.2) is 5.60 Å². The molecule has 0 spiro atoms. The number of anilines is 1. The van der Waals surface area contributed by atoms with Crippen LogP contribution in [0.15, 0.2) is 72.8 Å². The van der Waals surface area contributed by atoms with E-state index in [-0.39, 0.29) is 5.91 Å². The summed E-state index contributed by atoms with van der Waals surface area (Å²) in [5.74, 6) is -0.357. The Bertz CT molecular complexity index is 986. The molecule has 0 bridgehead atoms. The third-order valence-corrected chi connectivity index (χ3v) is 5.05. The number of hydrogen-bond acceptors (Lipinski definition) is 2. The highest BCUT2D eigenvalue weighted by molar-refractivity contribution is 6.31. The van der Waals surface area contributed by atoms with E-state index in [0.29, 0.717) is 28.4 Å². The first kappa shape index (κ1) is 16.8. The molecule has 4 heteroatoms. The third kappa shape index (κ3) is 2.61. The Balaban J connectivity index is 1.87. The van der Waals surface area contributed by atoms with Crippen LogP contribution in [0.4, 0.5) is 5.69 Å². The molecule has 0 saturated carbocycles. The Kier molecular flexibility index (Phi) is 4.06. The molecule has 0 radical (unpaired) electrons. The second kappa shape index (κ2) is 6.27. The molecule has 3 aromatic rings. The largest absolute Gasteiger partial charge is 0.372 e. The Labute approximate surface area is 157 Å². The topological polar surface area (TPSA) is 40.5 Å². The lowest BCUT2D eigenvalue weighted by molar-refractivity contribution is -0.132. The van der Waals surface area contributed by atoms with Crippen LogP contribution >= 0.6 is 11.6 Å². The van der Waals surface area contributed by atoms with E-state index in [0.717, 1.165) is 11.1 Å². The smallest absolute Gasteiger partial charge is 0.268 e. The van der Waals surface area contributed by atoms with Crippen molar-refractivity contribution in [1.29, 1.82) is 0 Å². The van der Waals surface area contributed by atoms with E-state index in [1.165, 1.54) is 0 Å². The first-order chi connectivity index (χ1) is 12.5. The fourth-order valence-electron chi connectivity index (χ4n) is 3.53. The van der Waals surface area contributed by atoms with Crippen LogP contribution in [0.2, 0.25) is 5.02 Å². The molecule has 0 aromatic heterocycles. The summed E-state index contributed by atoms with van der Waals surface area (Å²) >= 11 is 6.18. The molecule has 0 aliphatic carbocycles. The molecule has 0 fully saturated rings. The second-order valence-electron chi connectivity index (χ2n) is 6.62. The lowest BCUT2D eigenvalue weighted by Gasteiger charge is -2.24. The highest BCUT2D eigenvalue weighted by Crippen LogP contribution is 2.46. The summed E-state index contributed by atoms with van der Waals surface area (Å²) in [6.07, 6.45) is 0. The quantitative estimate of drug-likeness (QED) is 0.747. The van der Waals surface area contributed by atoms with Gasteiger partial charge in [-0.15, -0.1) is 0 Å². The van der Waals surface area contributed by atoms with Gasteiger partial charge in [-0.3, -0.25) is 4.79 Å². The summed E-state index contributed by atoms with van der Waals surface area (Å²) in [6, 6.07) is 22.4. The zero-order valence-corrected chi connectivity index (χ0v) is 15.1. The predicted octanol–water partition coefficient (Wildman–Crippen LogP) is 4.43. The number of hydrogen-bond donors (Lipinski definition) is 1. The highest BCUT2D eigenvalue weighted by Gasteiger charge is 2.51. The van der Waals surface area contributed by atoms with Crippen molar-refractivity contribution >= 4 is 23.2 Å². The van der Waals surface area contributed by atoms with Gasteiger partial charge in [0, 0.05) is 10.6 Å². The molecular formula is C22H18ClNO2. The predicted molar refractivity (Wildman–Crippen MR) is 103 cm³/mol. The minimum atomic E-state index is -1.74. The van der Waals surface area contributed by atoms with E-state index in [4.69, 9.17) is 11.6 Å². The van der Waals surface area contributed by atoms with Crippen molar-refractivity contribution in [1.82, 2.24) is 0 Å². The number of rotatable bonds is 3. The van der Waals surface area contributed by atoms with Crippen LogP contribution in [0.25, 0.3) is 0 Å². The van der Waals surface area contributed by atoms with Crippen LogP contribution in [-0.2, 0) is 16.9 Å². The standard InChI is InChI=1S/C22H18ClNO2/c1-15-6-5-9-17(12-15)22(26)19-13-18(23)10-11-20(19)24(21(22)25)14-16-7-3-2-4-8-16/h2-13,26H,14H2,1H3/t22-/m1/s1. The highest BCUT2D eigenvalue weighted by atomic mass is 35.5. The van der Waals surface area contributed by atoms with E-state index in [1.54, 1.807) is 29.2 Å². The maximum Gasteiger partial charge on any atom is 0.268 e. The minimum Gasteiger partial charge on any atom is -0.372 e. The Morgan fingerprint density at radius 1 is 1.00 bits per heavy atom. The van der Waals surface area contributed by atoms with Crippen molar-refractivity contribution in [3.63, 3.8) is 0 Å². The van der Waals surface area contributed by atoms with Gasteiger partial charge in [-0.1, -0.05) is 71.8 Å². The van der Waals surface area contributed by atoms with E-state index < -0.39 is 5.60 Å². The molecule has 26 heavy (non-hydrogen) atoms. The number of amides is 1. The average Bonchev–Trinajstić information content (AvgIpc) is 2.85. The van der Waals surface area contributed by atoms with Crippen LogP contribution < -0.4 is 4.90 Å². The van der Waals surface area contributed by atoms with Crippen molar-refractivity contribution < 1.29 is 9.90 Å². The Morgan fingerprint density at radius 2 is 1.77 bits per heavy atom. The summed E-state index contributed by atoms with van der Waals surface area (Å²) in [6.45, 7) is 2.33. The summed E-state index contributed by atoms with van der Waals surface area (Å²) in [5.41, 5.74) is 2.01. The van der Waals surface area contributed by atoms with Crippen LogP contribution in [0.1, 0.15) is 22.3 Å². The minimum absolute atomic E-state index is 0.357. The molecule has 1 aliphatic rings. The van der Waals surface area contributed by atoms with Gasteiger partial charge in [-0.25, -0.2) is 0 Å². The summed E-state index contributed by atoms with van der Waals surface area (Å²) in [7, 11) is 0. The first-order valence-corrected chi connectivity index (χ1v) is 8.83. The molecule has 0 unspecified atom stereocenters. The SMILES string of the molecule is Cc1cccc([C@]2(O)C(=O)N(Cc3ccccc3)c3ccc(Cl)cc32)c1. The zero-order valence-electron chi connectivity index (χ0n) is 14.3. The number of aliphatic hydroxyl groups is 1. The van der Waals surface area contributed by atoms with Crippen molar-refractivity contribution in [2.75, 3.05) is 4.90 Å². The molecule has 0 saturated heterocycles. The van der Waals surface area contributed by atoms with E-state index in [2.05, 4.69) is 0 Å². The maximum atomic E-state index is 13.3. The zero-order chi connectivity index (χ0) is 18.3. The molecule has 1 N–H and O–H groups in total. The van der Waals surface area contributed by atoms with E-state index in [9.17, 15) is 9.90 Å². The molecule has 3 nitrogen and oxygen atoms in total. The average molecular weight is 364 g/mol. The van der Waals surface area contributed by atoms with Gasteiger partial charge < -0.3 is 10.0 Å². The lowest BCUT2D eigenvalue weighted by atomic mass is 9.87. The molecular weight excluding hydrogens is 346 g/mol. The van der Waals surface area contributed by atoms with Gasteiger partial charge in [0.1, 0.15) is 0 Å². The van der Waals surface area contributed by atoms with Crippen LogP contribution in [0.3, 0.4) is 0 Å². The monoisotopic (exact) mass is 363 g/mol. The lowest BCUT2D eigenvalue weighted by Crippen LogP contribution is -2.40. The van der Waals surface area contributed by atoms with Gasteiger partial charge in [0.25, 0.3) is 5.91 Å². The fourth-order valence-corrected chi connectivity index (χ4v) is 3.70. The van der Waals surface area contributed by atoms with E-state index in [1.807, 2.05) is 55.5 Å². The summed E-state index contributed by atoms with van der Waals surface area (Å²) in [5, 5.41) is 12.0. The number of halogens is 1. The number of nitrogens with zero attached hydrogens (tertiary/aromatic N) is 1. The van der Waals surface area contributed by atoms with Crippen molar-refractivity contribution in [3.8, 4) is 0 Å². The molecule has 1 amide bonds. The fraction of sp³-hybridized carbons (Fsp3) is 0.136. The van der Waals surface area contributed by atoms with Crippen molar-refractivity contribution in [2.45, 2.75) is 19.1 Å². The van der Waals surface area contributed by atoms with Gasteiger partial charge in [-0.05, 0) is 36.2 Å². The van der Waals surface area contributed by atoms with Crippen molar-refractivity contribution in [3.05, 3.63) is 100 Å². The van der Waals surface area contributed by atoms with Gasteiger partial charge in [0.05, 0.1) is 12.2 Å². The number of aryl methyl sites for hydroxylation is 1. The molecule has 130 valence electrons. The number of carbonyl (C=O) groups excluding carboxylic acids is 1. The van der Waals surface area contributed by atoms with Gasteiger partial charge in [0.2, 0.25) is 0 Å². The van der Waals surface area contributed by atoms with Gasteiger partial charge >= 0.3 is 0 Å². The molecule has 1 aliphatic heterocycles. The number of carbonyl (C=O) groups is 1. The van der Waals surface area contributed by atoms with Crippen LogP contribution in [0.5, 0.6) is 0 Å². The van der Waals surface area contributed by atoms with Crippen molar-refractivity contribution in [2.24, 2.45) is 0 Å². The Morgan fingerprint density at radius 3 is 2.50 bits per heavy atom. The van der Waals surface area contributed by atoms with E-state index >= 15 is 0 Å². The summed E-state index contributed by atoms with van der Waals surface area (Å²) < 4.78 is 0. The summed E-state index contributed by atoms with van der Waals surface area (Å²) in [4.78, 5) is 15.0. The molecule has 3 aromatic carbocycles. The molecule has 4 rings (SSSR count). The maximum absolute atomic E-state index is 13.3. The number of fused-ring (bicyclic) bond motifs is 1. The number of benzene rings is 3. The van der Waals surface area contributed by atoms with Crippen LogP contribution in [-0.4, -0.2) is 11.0 Å². The van der Waals surface area contributed by atoms with Crippen LogP contribution in [0, 0.1) is 6.92 Å². The second-order valence-corrected chi connectivity index (χ2v) is 7.05. The third-order valence-electron chi connectivity index (χ3n) is 4.81. The normalized spacial score (nSPS) is 18.9. The Hall–Kier alpha value is -2.62. The first-order valence-electron chi connectivity index (χ1n) is 8.45.